The Balaban J connectivity index is 2.22. The number of fused-ring (bicyclic) bond motifs is 1. The maximum Gasteiger partial charge on any atom is 0.330 e. The van der Waals surface area contributed by atoms with Crippen molar-refractivity contribution in [1.82, 2.24) is 10.3 Å². The number of para-hydroxylation sites is 1. The SMILES string of the molecule is COC(=O)C(CO)NC(=O)c1c[nH]c2ccccc12. The van der Waals surface area contributed by atoms with Crippen LogP contribution in [-0.4, -0.2) is 41.7 Å². The minimum absolute atomic E-state index is 0.415. The average Bonchev–Trinajstić information content (AvgIpc) is 2.87. The number of aromatic nitrogens is 1. The number of esters is 1. The number of ether oxygens (including phenoxy) is 1. The van der Waals surface area contributed by atoms with Crippen LogP contribution in [0.4, 0.5) is 0 Å². The number of carbonyl (C=O) groups excluding carboxylic acids is 2. The summed E-state index contributed by atoms with van der Waals surface area (Å²) in [6, 6.07) is 6.25. The predicted molar refractivity (Wildman–Crippen MR) is 68.7 cm³/mol. The fourth-order valence-electron chi connectivity index (χ4n) is 1.82. The van der Waals surface area contributed by atoms with Crippen LogP contribution in [0.25, 0.3) is 10.9 Å². The van der Waals surface area contributed by atoms with Crippen LogP contribution >= 0.6 is 0 Å². The van der Waals surface area contributed by atoms with Crippen LogP contribution in [0.2, 0.25) is 0 Å². The second kappa shape index (κ2) is 5.53. The lowest BCUT2D eigenvalue weighted by atomic mass is 10.1. The molecule has 6 heteroatoms. The van der Waals surface area contributed by atoms with Gasteiger partial charge in [-0.2, -0.15) is 0 Å². The first-order valence-corrected chi connectivity index (χ1v) is 5.73. The quantitative estimate of drug-likeness (QED) is 0.697. The van der Waals surface area contributed by atoms with Crippen molar-refractivity contribution >= 4 is 22.8 Å². The van der Waals surface area contributed by atoms with E-state index in [-0.39, 0.29) is 0 Å². The summed E-state index contributed by atoms with van der Waals surface area (Å²) in [5, 5.41) is 12.2. The molecule has 6 nitrogen and oxygen atoms in total. The Labute approximate surface area is 109 Å². The van der Waals surface area contributed by atoms with Crippen LogP contribution < -0.4 is 5.32 Å². The summed E-state index contributed by atoms with van der Waals surface area (Å²) < 4.78 is 4.49. The lowest BCUT2D eigenvalue weighted by Gasteiger charge is -2.13. The molecule has 1 aromatic heterocycles. The molecule has 2 aromatic rings. The Morgan fingerprint density at radius 2 is 2.16 bits per heavy atom. The number of hydrogen-bond acceptors (Lipinski definition) is 4. The van der Waals surface area contributed by atoms with Crippen LogP contribution in [-0.2, 0) is 9.53 Å². The fraction of sp³-hybridized carbons (Fsp3) is 0.231. The molecule has 1 aromatic carbocycles. The van der Waals surface area contributed by atoms with Crippen LogP contribution in [0.1, 0.15) is 10.4 Å². The normalized spacial score (nSPS) is 12.1. The molecule has 19 heavy (non-hydrogen) atoms. The Morgan fingerprint density at radius 3 is 2.84 bits per heavy atom. The standard InChI is InChI=1S/C13H14N2O4/c1-19-13(18)11(7-16)15-12(17)9-6-14-10-5-3-2-4-8(9)10/h2-6,11,14,16H,7H2,1H3,(H,15,17). The monoisotopic (exact) mass is 262 g/mol. The molecular weight excluding hydrogens is 248 g/mol. The molecule has 0 radical (unpaired) electrons. The van der Waals surface area contributed by atoms with Crippen molar-refractivity contribution in [1.29, 1.82) is 0 Å². The van der Waals surface area contributed by atoms with E-state index in [1.165, 1.54) is 7.11 Å². The largest absolute Gasteiger partial charge is 0.467 e. The number of methoxy groups -OCH3 is 1. The van der Waals surface area contributed by atoms with Gasteiger partial charge in [-0.1, -0.05) is 18.2 Å². The highest BCUT2D eigenvalue weighted by Gasteiger charge is 2.22. The van der Waals surface area contributed by atoms with Gasteiger partial charge >= 0.3 is 5.97 Å². The number of amides is 1. The van der Waals surface area contributed by atoms with E-state index in [1.807, 2.05) is 18.2 Å². The van der Waals surface area contributed by atoms with Gasteiger partial charge in [-0.3, -0.25) is 4.79 Å². The Bertz CT molecular complexity index is 605. The summed E-state index contributed by atoms with van der Waals surface area (Å²) in [6.07, 6.45) is 1.56. The molecule has 0 spiro atoms. The maximum absolute atomic E-state index is 12.1. The predicted octanol–water partition coefficient (Wildman–Crippen LogP) is 0.432. The summed E-state index contributed by atoms with van der Waals surface area (Å²) in [5.41, 5.74) is 1.24. The first kappa shape index (κ1) is 13.1. The van der Waals surface area contributed by atoms with Gasteiger partial charge in [-0.05, 0) is 6.07 Å². The molecule has 1 amide bonds. The van der Waals surface area contributed by atoms with E-state index in [0.717, 1.165) is 10.9 Å². The van der Waals surface area contributed by atoms with Gasteiger partial charge in [0.25, 0.3) is 5.91 Å². The Kier molecular flexibility index (Phi) is 3.82. The van der Waals surface area contributed by atoms with E-state index in [2.05, 4.69) is 15.0 Å². The lowest BCUT2D eigenvalue weighted by Crippen LogP contribution is -2.44. The first-order chi connectivity index (χ1) is 9.17. The number of aromatic amines is 1. The Morgan fingerprint density at radius 1 is 1.42 bits per heavy atom. The highest BCUT2D eigenvalue weighted by Crippen LogP contribution is 2.17. The van der Waals surface area contributed by atoms with Crippen molar-refractivity contribution < 1.29 is 19.4 Å². The van der Waals surface area contributed by atoms with E-state index in [0.29, 0.717) is 5.56 Å². The van der Waals surface area contributed by atoms with Crippen LogP contribution in [0, 0.1) is 0 Å². The molecule has 0 aliphatic rings. The van der Waals surface area contributed by atoms with Gasteiger partial charge in [0.2, 0.25) is 0 Å². The molecule has 3 N–H and O–H groups in total. The van der Waals surface area contributed by atoms with Crippen molar-refractivity contribution in [2.24, 2.45) is 0 Å². The smallest absolute Gasteiger partial charge is 0.330 e. The number of nitrogens with one attached hydrogen (secondary N) is 2. The number of benzene rings is 1. The molecule has 1 unspecified atom stereocenters. The summed E-state index contributed by atoms with van der Waals surface area (Å²) in [6.45, 7) is -0.513. The molecule has 100 valence electrons. The molecule has 1 heterocycles. The highest BCUT2D eigenvalue weighted by atomic mass is 16.5. The molecule has 0 saturated carbocycles. The second-order valence-corrected chi connectivity index (χ2v) is 3.98. The number of aliphatic hydroxyl groups excluding tert-OH is 1. The molecule has 0 bridgehead atoms. The zero-order valence-electron chi connectivity index (χ0n) is 10.3. The van der Waals surface area contributed by atoms with E-state index in [1.54, 1.807) is 12.3 Å². The summed E-state index contributed by atoms with van der Waals surface area (Å²) in [4.78, 5) is 26.3. The first-order valence-electron chi connectivity index (χ1n) is 5.73. The Hall–Kier alpha value is -2.34. The van der Waals surface area contributed by atoms with Gasteiger partial charge in [0.05, 0.1) is 19.3 Å². The van der Waals surface area contributed by atoms with E-state index in [9.17, 15) is 9.59 Å². The second-order valence-electron chi connectivity index (χ2n) is 3.98. The summed E-state index contributed by atoms with van der Waals surface area (Å²) in [5.74, 6) is -1.13. The van der Waals surface area contributed by atoms with Crippen LogP contribution in [0.3, 0.4) is 0 Å². The number of H-pyrrole nitrogens is 1. The third-order valence-electron chi connectivity index (χ3n) is 2.81. The minimum atomic E-state index is -1.06. The third-order valence-corrected chi connectivity index (χ3v) is 2.81. The molecule has 0 aliphatic heterocycles. The topological polar surface area (TPSA) is 91.4 Å². The van der Waals surface area contributed by atoms with Crippen LogP contribution in [0.15, 0.2) is 30.5 Å². The van der Waals surface area contributed by atoms with Crippen LogP contribution in [0.5, 0.6) is 0 Å². The van der Waals surface area contributed by atoms with Crippen molar-refractivity contribution in [3.05, 3.63) is 36.0 Å². The van der Waals surface area contributed by atoms with Gasteiger partial charge in [-0.15, -0.1) is 0 Å². The number of hydrogen-bond donors (Lipinski definition) is 3. The summed E-state index contributed by atoms with van der Waals surface area (Å²) in [7, 11) is 1.20. The van der Waals surface area contributed by atoms with Crippen molar-refractivity contribution in [3.63, 3.8) is 0 Å². The van der Waals surface area contributed by atoms with Gasteiger partial charge in [0, 0.05) is 17.1 Å². The average molecular weight is 262 g/mol. The minimum Gasteiger partial charge on any atom is -0.467 e. The molecule has 0 saturated heterocycles. The van der Waals surface area contributed by atoms with Gasteiger partial charge < -0.3 is 20.1 Å². The van der Waals surface area contributed by atoms with Gasteiger partial charge in [-0.25, -0.2) is 4.79 Å². The number of aliphatic hydroxyl groups is 1. The molecule has 1 atom stereocenters. The summed E-state index contributed by atoms with van der Waals surface area (Å²) >= 11 is 0. The number of rotatable bonds is 4. The number of carbonyl (C=O) groups is 2. The molecule has 0 aliphatic carbocycles. The van der Waals surface area contributed by atoms with E-state index >= 15 is 0 Å². The van der Waals surface area contributed by atoms with E-state index < -0.39 is 24.5 Å². The third kappa shape index (κ3) is 2.58. The zero-order chi connectivity index (χ0) is 13.8. The molecule has 0 fully saturated rings. The zero-order valence-corrected chi connectivity index (χ0v) is 10.3. The lowest BCUT2D eigenvalue weighted by molar-refractivity contribution is -0.143. The fourth-order valence-corrected chi connectivity index (χ4v) is 1.82. The van der Waals surface area contributed by atoms with Gasteiger partial charge in [0.15, 0.2) is 6.04 Å². The van der Waals surface area contributed by atoms with Crippen molar-refractivity contribution in [3.8, 4) is 0 Å². The molecular formula is C13H14N2O4. The van der Waals surface area contributed by atoms with Gasteiger partial charge in [0.1, 0.15) is 0 Å². The highest BCUT2D eigenvalue weighted by molar-refractivity contribution is 6.07. The van der Waals surface area contributed by atoms with E-state index in [4.69, 9.17) is 5.11 Å². The maximum atomic E-state index is 12.1. The van der Waals surface area contributed by atoms with Crippen molar-refractivity contribution in [2.75, 3.05) is 13.7 Å². The molecule has 2 rings (SSSR count). The van der Waals surface area contributed by atoms with Crippen molar-refractivity contribution in [2.45, 2.75) is 6.04 Å².